The van der Waals surface area contributed by atoms with Crippen molar-refractivity contribution in [2.45, 2.75) is 52.4 Å². The molecule has 142 valence electrons. The molecule has 0 saturated heterocycles. The van der Waals surface area contributed by atoms with Crippen molar-refractivity contribution in [3.8, 4) is 11.5 Å². The van der Waals surface area contributed by atoms with Crippen molar-refractivity contribution in [1.29, 1.82) is 0 Å². The number of benzene rings is 1. The lowest BCUT2D eigenvalue weighted by Crippen LogP contribution is -2.25. The summed E-state index contributed by atoms with van der Waals surface area (Å²) in [5, 5.41) is 0. The zero-order valence-corrected chi connectivity index (χ0v) is 15.3. The third-order valence-corrected chi connectivity index (χ3v) is 4.52. The van der Waals surface area contributed by atoms with Crippen LogP contribution in [0.2, 0.25) is 0 Å². The molecular formula is C21H26F2O3. The number of carbonyl (C=O) groups excluding carboxylic acids is 1. The molecule has 1 fully saturated rings. The number of rotatable bonds is 7. The predicted molar refractivity (Wildman–Crippen MR) is 96.9 cm³/mol. The van der Waals surface area contributed by atoms with Gasteiger partial charge in [0.05, 0.1) is 12.2 Å². The third kappa shape index (κ3) is 5.41. The summed E-state index contributed by atoms with van der Waals surface area (Å²) >= 11 is 0. The Bertz CT molecular complexity index is 659. The molecule has 1 aromatic carbocycles. The van der Waals surface area contributed by atoms with Gasteiger partial charge >= 0.3 is 5.97 Å². The van der Waals surface area contributed by atoms with Crippen LogP contribution in [0.25, 0.3) is 0 Å². The summed E-state index contributed by atoms with van der Waals surface area (Å²) in [6.45, 7) is 3.83. The van der Waals surface area contributed by atoms with Crippen LogP contribution in [0.1, 0.15) is 52.4 Å². The molecule has 0 amide bonds. The number of ether oxygens (including phenoxy) is 2. The maximum atomic E-state index is 14.1. The first kappa shape index (κ1) is 20.1. The quantitative estimate of drug-likeness (QED) is 0.260. The Morgan fingerprint density at radius 3 is 2.46 bits per heavy atom. The van der Waals surface area contributed by atoms with Gasteiger partial charge in [-0.15, -0.1) is 0 Å². The molecule has 0 heterocycles. The van der Waals surface area contributed by atoms with Gasteiger partial charge in [0.25, 0.3) is 0 Å². The molecule has 1 aromatic rings. The summed E-state index contributed by atoms with van der Waals surface area (Å²) < 4.78 is 38.1. The molecule has 1 aliphatic rings. The minimum absolute atomic E-state index is 0.250. The Balaban J connectivity index is 1.93. The maximum absolute atomic E-state index is 14.1. The van der Waals surface area contributed by atoms with E-state index in [-0.39, 0.29) is 11.7 Å². The highest BCUT2D eigenvalue weighted by Crippen LogP contribution is 2.33. The van der Waals surface area contributed by atoms with Crippen LogP contribution >= 0.6 is 0 Å². The van der Waals surface area contributed by atoms with E-state index in [2.05, 4.69) is 19.1 Å². The van der Waals surface area contributed by atoms with Gasteiger partial charge in [-0.2, -0.15) is 8.78 Å². The Hall–Kier alpha value is -2.17. The van der Waals surface area contributed by atoms with Crippen LogP contribution in [-0.4, -0.2) is 5.97 Å². The van der Waals surface area contributed by atoms with Crippen LogP contribution < -0.4 is 9.47 Å². The molecule has 1 aliphatic carbocycles. The monoisotopic (exact) mass is 364 g/mol. The number of hydrogen-bond donors (Lipinski definition) is 0. The van der Waals surface area contributed by atoms with Gasteiger partial charge < -0.3 is 9.47 Å². The smallest absolute Gasteiger partial charge is 0.314 e. The topological polar surface area (TPSA) is 35.5 Å². The van der Waals surface area contributed by atoms with E-state index in [9.17, 15) is 13.6 Å². The van der Waals surface area contributed by atoms with Crippen molar-refractivity contribution < 1.29 is 23.0 Å². The van der Waals surface area contributed by atoms with Crippen LogP contribution in [0.15, 0.2) is 36.6 Å². The molecule has 1 saturated carbocycles. The van der Waals surface area contributed by atoms with E-state index in [1.54, 1.807) is 13.0 Å². The summed E-state index contributed by atoms with van der Waals surface area (Å²) in [6.07, 6.45) is 12.6. The molecular weight excluding hydrogens is 338 g/mol. The number of unbranched alkanes of at least 4 members (excludes halogenated alkanes) is 1. The van der Waals surface area contributed by atoms with Crippen LogP contribution in [0.5, 0.6) is 11.5 Å². The molecule has 0 N–H and O–H groups in total. The highest BCUT2D eigenvalue weighted by atomic mass is 19.2. The number of esters is 1. The number of halogens is 2. The second-order valence-electron chi connectivity index (χ2n) is 6.53. The van der Waals surface area contributed by atoms with E-state index in [0.717, 1.165) is 25.7 Å². The zero-order valence-electron chi connectivity index (χ0n) is 15.3. The lowest BCUT2D eigenvalue weighted by molar-refractivity contribution is -0.140. The fourth-order valence-electron chi connectivity index (χ4n) is 3.02. The van der Waals surface area contributed by atoms with E-state index >= 15 is 0 Å². The summed E-state index contributed by atoms with van der Waals surface area (Å²) in [4.78, 5) is 12.3. The first-order chi connectivity index (χ1) is 12.6. The van der Waals surface area contributed by atoms with Gasteiger partial charge in [-0.05, 0) is 57.1 Å². The fraction of sp³-hybridized carbons (Fsp3) is 0.476. The normalized spacial score (nSPS) is 20.6. The molecule has 0 aliphatic heterocycles. The number of allylic oxidation sites excluding steroid dienone is 3. The highest BCUT2D eigenvalue weighted by molar-refractivity contribution is 5.75. The van der Waals surface area contributed by atoms with E-state index < -0.39 is 23.4 Å². The van der Waals surface area contributed by atoms with Gasteiger partial charge in [-0.25, -0.2) is 0 Å². The van der Waals surface area contributed by atoms with Gasteiger partial charge in [-0.3, -0.25) is 4.79 Å². The average Bonchev–Trinajstić information content (AvgIpc) is 2.65. The van der Waals surface area contributed by atoms with Crippen molar-refractivity contribution in [2.75, 3.05) is 0 Å². The van der Waals surface area contributed by atoms with Gasteiger partial charge in [-0.1, -0.05) is 31.6 Å². The van der Waals surface area contributed by atoms with Gasteiger partial charge in [0.15, 0.2) is 11.5 Å². The Labute approximate surface area is 153 Å². The van der Waals surface area contributed by atoms with Crippen molar-refractivity contribution in [3.63, 3.8) is 0 Å². The number of carbonyl (C=O) groups is 1. The van der Waals surface area contributed by atoms with E-state index in [0.29, 0.717) is 18.8 Å². The Kier molecular flexibility index (Phi) is 7.82. The third-order valence-electron chi connectivity index (χ3n) is 4.52. The molecule has 0 radical (unpaired) electrons. The first-order valence-corrected chi connectivity index (χ1v) is 9.21. The lowest BCUT2D eigenvalue weighted by atomic mass is 9.82. The Morgan fingerprint density at radius 1 is 1.15 bits per heavy atom. The van der Waals surface area contributed by atoms with Crippen molar-refractivity contribution in [1.82, 2.24) is 0 Å². The van der Waals surface area contributed by atoms with Gasteiger partial charge in [0.2, 0.25) is 11.6 Å². The summed E-state index contributed by atoms with van der Waals surface area (Å²) in [6, 6.07) is 2.46. The molecule has 3 nitrogen and oxygen atoms in total. The van der Waals surface area contributed by atoms with E-state index in [1.807, 2.05) is 0 Å². The molecule has 2 rings (SSSR count). The average molecular weight is 364 g/mol. The first-order valence-electron chi connectivity index (χ1n) is 9.21. The SMILES string of the molecule is CC=COc1ccc(OC(=O)C2CCC(C=CCCC)CC2)c(F)c1F. The van der Waals surface area contributed by atoms with Crippen molar-refractivity contribution in [3.05, 3.63) is 48.3 Å². The lowest BCUT2D eigenvalue weighted by Gasteiger charge is -2.25. The van der Waals surface area contributed by atoms with Gasteiger partial charge in [0.1, 0.15) is 0 Å². The molecule has 26 heavy (non-hydrogen) atoms. The van der Waals surface area contributed by atoms with E-state index in [4.69, 9.17) is 9.47 Å². The van der Waals surface area contributed by atoms with Crippen LogP contribution in [0, 0.1) is 23.5 Å². The van der Waals surface area contributed by atoms with Crippen LogP contribution in [-0.2, 0) is 4.79 Å². The number of hydrogen-bond acceptors (Lipinski definition) is 3. The molecule has 0 unspecified atom stereocenters. The summed E-state index contributed by atoms with van der Waals surface area (Å²) in [5.74, 6) is -3.31. The zero-order chi connectivity index (χ0) is 18.9. The highest BCUT2D eigenvalue weighted by Gasteiger charge is 2.28. The van der Waals surface area contributed by atoms with Crippen molar-refractivity contribution in [2.24, 2.45) is 11.8 Å². The maximum Gasteiger partial charge on any atom is 0.314 e. The standard InChI is InChI=1S/C21H26F2O3/c1-3-5-6-7-15-8-10-16(11-9-15)21(24)26-18-13-12-17(25-14-4-2)19(22)20(18)23/h4,6-7,12-16H,3,5,8-11H2,1-2H3. The minimum atomic E-state index is -1.21. The predicted octanol–water partition coefficient (Wildman–Crippen LogP) is 5.95. The van der Waals surface area contributed by atoms with Crippen molar-refractivity contribution >= 4 is 5.97 Å². The second-order valence-corrected chi connectivity index (χ2v) is 6.53. The summed E-state index contributed by atoms with van der Waals surface area (Å²) in [5.41, 5.74) is 0. The molecule has 0 spiro atoms. The molecule has 0 aromatic heterocycles. The van der Waals surface area contributed by atoms with Crippen LogP contribution in [0.3, 0.4) is 0 Å². The summed E-state index contributed by atoms with van der Waals surface area (Å²) in [7, 11) is 0. The van der Waals surface area contributed by atoms with Crippen LogP contribution in [0.4, 0.5) is 8.78 Å². The van der Waals surface area contributed by atoms with E-state index in [1.165, 1.54) is 18.4 Å². The molecule has 5 heteroatoms. The minimum Gasteiger partial charge on any atom is -0.462 e. The second kappa shape index (κ2) is 10.1. The van der Waals surface area contributed by atoms with Gasteiger partial charge in [0, 0.05) is 0 Å². The largest absolute Gasteiger partial charge is 0.462 e. The molecule has 0 bridgehead atoms. The fourth-order valence-corrected chi connectivity index (χ4v) is 3.02. The Morgan fingerprint density at radius 2 is 1.81 bits per heavy atom. The molecule has 0 atom stereocenters.